The summed E-state index contributed by atoms with van der Waals surface area (Å²) in [6, 6.07) is 9.93. The van der Waals surface area contributed by atoms with E-state index in [-0.39, 0.29) is 6.10 Å². The lowest BCUT2D eigenvalue weighted by Gasteiger charge is -2.27. The first-order chi connectivity index (χ1) is 9.29. The van der Waals surface area contributed by atoms with Gasteiger partial charge in [0.15, 0.2) is 0 Å². The molecule has 5 heteroatoms. The maximum Gasteiger partial charge on any atom is 0.363 e. The molecule has 1 aromatic carbocycles. The zero-order valence-electron chi connectivity index (χ0n) is 10.9. The van der Waals surface area contributed by atoms with E-state index in [1.165, 1.54) is 7.11 Å². The average Bonchev–Trinajstić information content (AvgIpc) is 2.45. The molecule has 1 fully saturated rings. The van der Waals surface area contributed by atoms with E-state index in [1.807, 2.05) is 30.3 Å². The molecule has 1 aliphatic rings. The highest BCUT2D eigenvalue weighted by molar-refractivity contribution is 5.73. The van der Waals surface area contributed by atoms with E-state index >= 15 is 0 Å². The number of esters is 1. The molecular formula is C14H18O5. The molecule has 1 saturated heterocycles. The Bertz CT molecular complexity index is 392. The second-order valence-corrected chi connectivity index (χ2v) is 4.29. The summed E-state index contributed by atoms with van der Waals surface area (Å²) in [5.41, 5.74) is 1.12. The molecule has 0 spiro atoms. The van der Waals surface area contributed by atoms with Crippen LogP contribution in [0.4, 0.5) is 0 Å². The van der Waals surface area contributed by atoms with Crippen LogP contribution in [-0.4, -0.2) is 38.7 Å². The predicted octanol–water partition coefficient (Wildman–Crippen LogP) is 1.51. The van der Waals surface area contributed by atoms with Crippen LogP contribution in [0.25, 0.3) is 0 Å². The van der Waals surface area contributed by atoms with Gasteiger partial charge in [0.1, 0.15) is 6.10 Å². The molecule has 1 heterocycles. The Balaban J connectivity index is 1.63. The van der Waals surface area contributed by atoms with Gasteiger partial charge in [0, 0.05) is 13.5 Å². The summed E-state index contributed by atoms with van der Waals surface area (Å²) >= 11 is 0. The van der Waals surface area contributed by atoms with Crippen molar-refractivity contribution in [3.63, 3.8) is 0 Å². The zero-order chi connectivity index (χ0) is 13.5. The molecule has 2 rings (SSSR count). The van der Waals surface area contributed by atoms with Gasteiger partial charge in [-0.15, -0.1) is 0 Å². The molecular weight excluding hydrogens is 248 g/mol. The molecule has 2 atom stereocenters. The normalized spacial score (nSPS) is 23.1. The Morgan fingerprint density at radius 1 is 1.32 bits per heavy atom. The Morgan fingerprint density at radius 3 is 2.79 bits per heavy atom. The van der Waals surface area contributed by atoms with Gasteiger partial charge in [0.25, 0.3) is 6.29 Å². The fraction of sp³-hybridized carbons (Fsp3) is 0.500. The summed E-state index contributed by atoms with van der Waals surface area (Å²) in [6.45, 7) is 1.43. The predicted molar refractivity (Wildman–Crippen MR) is 67.3 cm³/mol. The van der Waals surface area contributed by atoms with Crippen LogP contribution >= 0.6 is 0 Å². The molecule has 5 nitrogen and oxygen atoms in total. The van der Waals surface area contributed by atoms with Gasteiger partial charge in [0.2, 0.25) is 0 Å². The Morgan fingerprint density at radius 2 is 2.11 bits per heavy atom. The van der Waals surface area contributed by atoms with Gasteiger partial charge in [-0.1, -0.05) is 30.3 Å². The minimum atomic E-state index is -0.888. The largest absolute Gasteiger partial charge is 0.456 e. The van der Waals surface area contributed by atoms with E-state index in [0.29, 0.717) is 26.2 Å². The molecule has 0 saturated carbocycles. The molecule has 19 heavy (non-hydrogen) atoms. The number of methoxy groups -OCH3 is 1. The maximum atomic E-state index is 11.4. The van der Waals surface area contributed by atoms with Gasteiger partial charge in [-0.3, -0.25) is 0 Å². The molecule has 0 radical (unpaired) electrons. The number of carbonyl (C=O) groups excluding carboxylic acids is 1. The van der Waals surface area contributed by atoms with Crippen molar-refractivity contribution in [3.05, 3.63) is 35.9 Å². The van der Waals surface area contributed by atoms with Crippen LogP contribution in [0, 0.1) is 0 Å². The first kappa shape index (κ1) is 14.0. The Kier molecular flexibility index (Phi) is 5.32. The van der Waals surface area contributed by atoms with E-state index in [4.69, 9.17) is 18.9 Å². The number of ether oxygens (including phenoxy) is 4. The molecule has 0 aliphatic carbocycles. The number of benzene rings is 1. The number of hydrogen-bond acceptors (Lipinski definition) is 5. The van der Waals surface area contributed by atoms with Crippen LogP contribution in [0.1, 0.15) is 12.0 Å². The minimum absolute atomic E-state index is 0.255. The lowest BCUT2D eigenvalue weighted by atomic mass is 10.2. The number of carbonyl (C=O) groups is 1. The zero-order valence-corrected chi connectivity index (χ0v) is 10.9. The van der Waals surface area contributed by atoms with Crippen molar-refractivity contribution >= 4 is 5.97 Å². The SMILES string of the molecule is CO[C@@H]1OC[C@H](CCOCc2ccccc2)OC1=O. The molecule has 1 aliphatic heterocycles. The van der Waals surface area contributed by atoms with Crippen LogP contribution in [-0.2, 0) is 30.3 Å². The van der Waals surface area contributed by atoms with Gasteiger partial charge in [0.05, 0.1) is 19.8 Å². The molecule has 0 amide bonds. The number of rotatable bonds is 6. The van der Waals surface area contributed by atoms with Crippen molar-refractivity contribution in [2.45, 2.75) is 25.4 Å². The lowest BCUT2D eigenvalue weighted by molar-refractivity contribution is -0.224. The van der Waals surface area contributed by atoms with Crippen molar-refractivity contribution < 1.29 is 23.7 Å². The Labute approximate surface area is 112 Å². The topological polar surface area (TPSA) is 54.0 Å². The third kappa shape index (κ3) is 4.31. The standard InChI is InChI=1S/C14H18O5/c1-16-14-13(15)19-12(10-18-14)7-8-17-9-11-5-3-2-4-6-11/h2-6,12,14H,7-10H2,1H3/t12-,14+/m0/s1. The summed E-state index contributed by atoms with van der Waals surface area (Å²) in [4.78, 5) is 11.4. The van der Waals surface area contributed by atoms with Crippen LogP contribution < -0.4 is 0 Å². The third-order valence-electron chi connectivity index (χ3n) is 2.82. The van der Waals surface area contributed by atoms with E-state index in [1.54, 1.807) is 0 Å². The highest BCUT2D eigenvalue weighted by Gasteiger charge is 2.30. The summed E-state index contributed by atoms with van der Waals surface area (Å²) in [5.74, 6) is -0.471. The van der Waals surface area contributed by atoms with Gasteiger partial charge < -0.3 is 18.9 Å². The molecule has 0 aromatic heterocycles. The van der Waals surface area contributed by atoms with Crippen molar-refractivity contribution in [3.8, 4) is 0 Å². The Hall–Kier alpha value is -1.43. The van der Waals surface area contributed by atoms with Gasteiger partial charge >= 0.3 is 5.97 Å². The van der Waals surface area contributed by atoms with E-state index in [2.05, 4.69) is 0 Å². The van der Waals surface area contributed by atoms with Crippen molar-refractivity contribution in [1.29, 1.82) is 0 Å². The van der Waals surface area contributed by atoms with Crippen molar-refractivity contribution in [2.24, 2.45) is 0 Å². The molecule has 1 aromatic rings. The summed E-state index contributed by atoms with van der Waals surface area (Å²) in [7, 11) is 1.41. The quantitative estimate of drug-likeness (QED) is 0.577. The molecule has 0 N–H and O–H groups in total. The van der Waals surface area contributed by atoms with Crippen LogP contribution in [0.5, 0.6) is 0 Å². The van der Waals surface area contributed by atoms with E-state index in [0.717, 1.165) is 5.56 Å². The van der Waals surface area contributed by atoms with Crippen LogP contribution in [0.3, 0.4) is 0 Å². The van der Waals surface area contributed by atoms with Gasteiger partial charge in [-0.05, 0) is 5.56 Å². The highest BCUT2D eigenvalue weighted by atomic mass is 16.7. The minimum Gasteiger partial charge on any atom is -0.456 e. The average molecular weight is 266 g/mol. The summed E-state index contributed by atoms with van der Waals surface area (Å²) in [6.07, 6.45) is -0.522. The molecule has 0 bridgehead atoms. The molecule has 104 valence electrons. The highest BCUT2D eigenvalue weighted by Crippen LogP contribution is 2.12. The monoisotopic (exact) mass is 266 g/mol. The van der Waals surface area contributed by atoms with Crippen molar-refractivity contribution in [1.82, 2.24) is 0 Å². The van der Waals surface area contributed by atoms with Crippen LogP contribution in [0.15, 0.2) is 30.3 Å². The fourth-order valence-corrected chi connectivity index (χ4v) is 1.80. The van der Waals surface area contributed by atoms with E-state index < -0.39 is 12.3 Å². The maximum absolute atomic E-state index is 11.4. The van der Waals surface area contributed by atoms with Gasteiger partial charge in [-0.2, -0.15) is 0 Å². The second kappa shape index (κ2) is 7.23. The number of hydrogen-bond donors (Lipinski definition) is 0. The molecule has 0 unspecified atom stereocenters. The third-order valence-corrected chi connectivity index (χ3v) is 2.82. The lowest BCUT2D eigenvalue weighted by Crippen LogP contribution is -2.41. The van der Waals surface area contributed by atoms with Crippen LogP contribution in [0.2, 0.25) is 0 Å². The summed E-state index contributed by atoms with van der Waals surface area (Å²) < 4.78 is 20.7. The van der Waals surface area contributed by atoms with Gasteiger partial charge in [-0.25, -0.2) is 4.79 Å². The van der Waals surface area contributed by atoms with Crippen molar-refractivity contribution in [2.75, 3.05) is 20.3 Å². The first-order valence-electron chi connectivity index (χ1n) is 6.26. The first-order valence-corrected chi connectivity index (χ1v) is 6.26. The van der Waals surface area contributed by atoms with E-state index in [9.17, 15) is 4.79 Å². The smallest absolute Gasteiger partial charge is 0.363 e. The fourth-order valence-electron chi connectivity index (χ4n) is 1.80. The summed E-state index contributed by atoms with van der Waals surface area (Å²) in [5, 5.41) is 0. The number of cyclic esters (lactones) is 1. The second-order valence-electron chi connectivity index (χ2n) is 4.29.